The number of ether oxygens (including phenoxy) is 1. The van der Waals surface area contributed by atoms with E-state index in [2.05, 4.69) is 0 Å². The lowest BCUT2D eigenvalue weighted by atomic mass is 9.89. The van der Waals surface area contributed by atoms with Gasteiger partial charge in [0, 0.05) is 6.54 Å². The van der Waals surface area contributed by atoms with Gasteiger partial charge >= 0.3 is 0 Å². The van der Waals surface area contributed by atoms with Crippen LogP contribution < -0.4 is 4.74 Å². The van der Waals surface area contributed by atoms with E-state index in [9.17, 15) is 14.7 Å². The Morgan fingerprint density at radius 3 is 2.72 bits per heavy atom. The Kier molecular flexibility index (Phi) is 5.93. The number of nitrogens with zero attached hydrogens (tertiary/aromatic N) is 1. The molecule has 1 aliphatic heterocycles. The molecule has 0 unspecified atom stereocenters. The Balaban J connectivity index is 1.79. The summed E-state index contributed by atoms with van der Waals surface area (Å²) >= 11 is 2.99. The van der Waals surface area contributed by atoms with Crippen molar-refractivity contribution < 1.29 is 19.4 Å². The maximum atomic E-state index is 12.6. The molecule has 134 valence electrons. The van der Waals surface area contributed by atoms with Crippen LogP contribution in [0.25, 0.3) is 6.08 Å². The highest BCUT2D eigenvalue weighted by Gasteiger charge is 2.36. The van der Waals surface area contributed by atoms with E-state index < -0.39 is 0 Å². The highest BCUT2D eigenvalue weighted by molar-refractivity contribution is 14.1. The predicted octanol–water partition coefficient (Wildman–Crippen LogP) is 4.62. The average Bonchev–Trinajstić information content (AvgIpc) is 2.86. The maximum absolute atomic E-state index is 12.6. The van der Waals surface area contributed by atoms with Gasteiger partial charge in [0.15, 0.2) is 11.5 Å². The number of hydrogen-bond donors (Lipinski definition) is 1. The highest BCUT2D eigenvalue weighted by atomic mass is 127. The predicted molar refractivity (Wildman–Crippen MR) is 107 cm³/mol. The Morgan fingerprint density at radius 1 is 1.32 bits per heavy atom. The Labute approximate surface area is 164 Å². The minimum Gasteiger partial charge on any atom is -0.504 e. The number of phenolic OH excluding ortho intramolecular Hbond substituents is 1. The minimum absolute atomic E-state index is 0.0747. The van der Waals surface area contributed by atoms with Gasteiger partial charge in [0.2, 0.25) is 0 Å². The van der Waals surface area contributed by atoms with E-state index >= 15 is 0 Å². The first-order valence-corrected chi connectivity index (χ1v) is 10.2. The molecule has 1 saturated heterocycles. The van der Waals surface area contributed by atoms with Gasteiger partial charge < -0.3 is 9.84 Å². The molecular formula is C18H20INO4S. The van der Waals surface area contributed by atoms with Crippen molar-refractivity contribution in [1.29, 1.82) is 0 Å². The van der Waals surface area contributed by atoms with Crippen molar-refractivity contribution in [3.05, 3.63) is 26.2 Å². The van der Waals surface area contributed by atoms with E-state index in [1.165, 1.54) is 31.3 Å². The summed E-state index contributed by atoms with van der Waals surface area (Å²) in [5.41, 5.74) is 0.724. The van der Waals surface area contributed by atoms with Crippen molar-refractivity contribution in [2.75, 3.05) is 13.7 Å². The smallest absolute Gasteiger partial charge is 0.293 e. The summed E-state index contributed by atoms with van der Waals surface area (Å²) in [6.07, 6.45) is 7.49. The molecule has 0 aromatic heterocycles. The third-order valence-corrected chi connectivity index (χ3v) is 6.34. The van der Waals surface area contributed by atoms with Crippen molar-refractivity contribution in [2.45, 2.75) is 32.1 Å². The second kappa shape index (κ2) is 7.99. The molecule has 0 radical (unpaired) electrons. The number of methoxy groups -OCH3 is 1. The number of imide groups is 1. The molecule has 0 spiro atoms. The van der Waals surface area contributed by atoms with Gasteiger partial charge in [-0.05, 0) is 76.9 Å². The van der Waals surface area contributed by atoms with Crippen LogP contribution in [0.3, 0.4) is 0 Å². The molecule has 0 bridgehead atoms. The van der Waals surface area contributed by atoms with Gasteiger partial charge in [0.05, 0.1) is 15.6 Å². The van der Waals surface area contributed by atoms with Crippen LogP contribution in [-0.4, -0.2) is 34.8 Å². The number of hydrogen-bond acceptors (Lipinski definition) is 5. The molecule has 2 aliphatic rings. The topological polar surface area (TPSA) is 66.8 Å². The minimum atomic E-state index is -0.220. The van der Waals surface area contributed by atoms with E-state index in [0.717, 1.165) is 30.2 Å². The fraction of sp³-hybridized carbons (Fsp3) is 0.444. The zero-order chi connectivity index (χ0) is 18.0. The fourth-order valence-corrected chi connectivity index (χ4v) is 4.74. The Morgan fingerprint density at radius 2 is 2.04 bits per heavy atom. The molecule has 1 N–H and O–H groups in total. The number of aromatic hydroxyl groups is 1. The lowest BCUT2D eigenvalue weighted by Gasteiger charge is -2.25. The monoisotopic (exact) mass is 473 g/mol. The van der Waals surface area contributed by atoms with Crippen molar-refractivity contribution in [2.24, 2.45) is 5.92 Å². The average molecular weight is 473 g/mol. The summed E-state index contributed by atoms with van der Waals surface area (Å²) in [6, 6.07) is 3.42. The zero-order valence-corrected chi connectivity index (χ0v) is 16.9. The van der Waals surface area contributed by atoms with Crippen molar-refractivity contribution >= 4 is 51.6 Å². The van der Waals surface area contributed by atoms with Crippen molar-refractivity contribution in [3.63, 3.8) is 0 Å². The fourth-order valence-electron chi connectivity index (χ4n) is 3.27. The molecule has 1 saturated carbocycles. The first-order chi connectivity index (χ1) is 12.0. The molecular weight excluding hydrogens is 453 g/mol. The highest BCUT2D eigenvalue weighted by Crippen LogP contribution is 2.37. The van der Waals surface area contributed by atoms with Gasteiger partial charge in [-0.1, -0.05) is 19.3 Å². The zero-order valence-electron chi connectivity index (χ0n) is 14.0. The summed E-state index contributed by atoms with van der Waals surface area (Å²) in [5.74, 6) is 0.629. The molecule has 2 amide bonds. The lowest BCUT2D eigenvalue weighted by Crippen LogP contribution is -2.34. The second-order valence-corrected chi connectivity index (χ2v) is 8.51. The van der Waals surface area contributed by atoms with E-state index in [0.29, 0.717) is 26.7 Å². The summed E-state index contributed by atoms with van der Waals surface area (Å²) < 4.78 is 5.78. The van der Waals surface area contributed by atoms with E-state index in [1.807, 2.05) is 22.6 Å². The van der Waals surface area contributed by atoms with E-state index in [-0.39, 0.29) is 16.9 Å². The third kappa shape index (κ3) is 4.13. The number of benzene rings is 1. The molecule has 1 aromatic carbocycles. The van der Waals surface area contributed by atoms with Crippen LogP contribution in [-0.2, 0) is 4.79 Å². The molecule has 1 heterocycles. The quantitative estimate of drug-likeness (QED) is 0.511. The van der Waals surface area contributed by atoms with Crippen molar-refractivity contribution in [1.82, 2.24) is 4.90 Å². The standard InChI is InChI=1S/C18H20INO4S/c1-24-14-8-12(7-13(19)16(14)21)9-15-17(22)20(18(23)25-15)10-11-5-3-2-4-6-11/h7-9,11,21H,2-6,10H2,1H3/b15-9+. The largest absolute Gasteiger partial charge is 0.504 e. The number of carbonyl (C=O) groups is 2. The third-order valence-electron chi connectivity index (χ3n) is 4.61. The number of thioether (sulfide) groups is 1. The van der Waals surface area contributed by atoms with Crippen LogP contribution >= 0.6 is 34.4 Å². The Hall–Kier alpha value is -1.22. The molecule has 1 aliphatic carbocycles. The first-order valence-electron chi connectivity index (χ1n) is 8.31. The van der Waals surface area contributed by atoms with Crippen LogP contribution in [0.5, 0.6) is 11.5 Å². The van der Waals surface area contributed by atoms with Crippen LogP contribution in [0.15, 0.2) is 17.0 Å². The van der Waals surface area contributed by atoms with Crippen LogP contribution in [0.4, 0.5) is 4.79 Å². The van der Waals surface area contributed by atoms with Gasteiger partial charge in [-0.15, -0.1) is 0 Å². The molecule has 2 fully saturated rings. The molecule has 1 aromatic rings. The normalized spacial score (nSPS) is 20.6. The first kappa shape index (κ1) is 18.6. The number of rotatable bonds is 4. The van der Waals surface area contributed by atoms with E-state index in [1.54, 1.807) is 18.2 Å². The molecule has 25 heavy (non-hydrogen) atoms. The summed E-state index contributed by atoms with van der Waals surface area (Å²) in [6.45, 7) is 0.526. The van der Waals surface area contributed by atoms with Gasteiger partial charge in [-0.3, -0.25) is 14.5 Å². The summed E-state index contributed by atoms with van der Waals surface area (Å²) in [4.78, 5) is 26.7. The van der Waals surface area contributed by atoms with E-state index in [4.69, 9.17) is 4.74 Å². The Bertz CT molecular complexity index is 728. The molecule has 5 nitrogen and oxygen atoms in total. The van der Waals surface area contributed by atoms with Gasteiger partial charge in [-0.25, -0.2) is 0 Å². The number of carbonyl (C=O) groups excluding carboxylic acids is 2. The van der Waals surface area contributed by atoms with Crippen LogP contribution in [0.1, 0.15) is 37.7 Å². The van der Waals surface area contributed by atoms with Gasteiger partial charge in [0.1, 0.15) is 0 Å². The van der Waals surface area contributed by atoms with Crippen LogP contribution in [0.2, 0.25) is 0 Å². The summed E-state index contributed by atoms with van der Waals surface area (Å²) in [5, 5.41) is 9.72. The second-order valence-electron chi connectivity index (χ2n) is 6.35. The lowest BCUT2D eigenvalue weighted by molar-refractivity contribution is -0.123. The number of halogens is 1. The molecule has 0 atom stereocenters. The van der Waals surface area contributed by atoms with Crippen molar-refractivity contribution in [3.8, 4) is 11.5 Å². The maximum Gasteiger partial charge on any atom is 0.293 e. The van der Waals surface area contributed by atoms with Crippen LogP contribution in [0, 0.1) is 9.49 Å². The van der Waals surface area contributed by atoms with Gasteiger partial charge in [0.25, 0.3) is 11.1 Å². The SMILES string of the molecule is COc1cc(/C=C2/SC(=O)N(CC3CCCCC3)C2=O)cc(I)c1O. The molecule has 7 heteroatoms. The number of amides is 2. The number of phenols is 1. The molecule has 3 rings (SSSR count). The summed E-state index contributed by atoms with van der Waals surface area (Å²) in [7, 11) is 1.48. The van der Waals surface area contributed by atoms with Gasteiger partial charge in [-0.2, -0.15) is 0 Å².